The Bertz CT molecular complexity index is 1030. The lowest BCUT2D eigenvalue weighted by Gasteiger charge is -2.08. The molecular weight excluding hydrogens is 339 g/mol. The summed E-state index contributed by atoms with van der Waals surface area (Å²) in [6, 6.07) is 7.41. The van der Waals surface area contributed by atoms with Crippen LogP contribution in [0.1, 0.15) is 20.7 Å². The van der Waals surface area contributed by atoms with Crippen LogP contribution in [0.2, 0.25) is 0 Å². The minimum absolute atomic E-state index is 0.0182. The van der Waals surface area contributed by atoms with Gasteiger partial charge in [-0.3, -0.25) is 14.2 Å². The van der Waals surface area contributed by atoms with Crippen LogP contribution < -0.4 is 16.5 Å². The van der Waals surface area contributed by atoms with Crippen LogP contribution in [-0.4, -0.2) is 50.4 Å². The second-order valence-electron chi connectivity index (χ2n) is 5.55. The summed E-state index contributed by atoms with van der Waals surface area (Å²) < 4.78 is 1.41. The fourth-order valence-electron chi connectivity index (χ4n) is 2.63. The Kier molecular flexibility index (Phi) is 4.96. The number of aldehydes is 1. The first-order valence-electron chi connectivity index (χ1n) is 7.78. The van der Waals surface area contributed by atoms with Gasteiger partial charge < -0.3 is 20.3 Å². The van der Waals surface area contributed by atoms with Gasteiger partial charge in [-0.1, -0.05) is 6.07 Å². The maximum atomic E-state index is 12.2. The van der Waals surface area contributed by atoms with E-state index in [-0.39, 0.29) is 35.4 Å². The zero-order valence-corrected chi connectivity index (χ0v) is 13.5. The highest BCUT2D eigenvalue weighted by Gasteiger charge is 2.17. The highest BCUT2D eigenvalue weighted by atomic mass is 16.4. The first-order valence-corrected chi connectivity index (χ1v) is 7.78. The molecule has 1 amide bonds. The molecule has 2 aromatic heterocycles. The Labute approximate surface area is 147 Å². The topological polar surface area (TPSA) is 137 Å². The number of fused-ring (bicyclic) bond motifs is 1. The maximum Gasteiger partial charge on any atom is 0.489 e. The average molecular weight is 354 g/mol. The summed E-state index contributed by atoms with van der Waals surface area (Å²) in [4.78, 5) is 42.0. The molecule has 0 aliphatic carbocycles. The summed E-state index contributed by atoms with van der Waals surface area (Å²) in [6.07, 6.45) is 2.02. The van der Waals surface area contributed by atoms with Gasteiger partial charge in [0.05, 0.1) is 5.52 Å². The first-order chi connectivity index (χ1) is 12.5. The number of amides is 1. The molecule has 9 nitrogen and oxygen atoms in total. The molecule has 10 heteroatoms. The Balaban J connectivity index is 1.70. The zero-order chi connectivity index (χ0) is 18.7. The molecule has 3 aromatic rings. The minimum Gasteiger partial charge on any atom is -0.423 e. The maximum absolute atomic E-state index is 12.2. The summed E-state index contributed by atoms with van der Waals surface area (Å²) in [6.45, 7) is 0.388. The molecule has 132 valence electrons. The summed E-state index contributed by atoms with van der Waals surface area (Å²) >= 11 is 0. The number of nitrogens with one attached hydrogen (secondary N) is 2. The van der Waals surface area contributed by atoms with Crippen LogP contribution in [0.4, 0.5) is 0 Å². The normalized spacial score (nSPS) is 10.7. The zero-order valence-electron chi connectivity index (χ0n) is 13.5. The van der Waals surface area contributed by atoms with Crippen molar-refractivity contribution < 1.29 is 19.6 Å². The van der Waals surface area contributed by atoms with Gasteiger partial charge in [0.25, 0.3) is 5.91 Å². The number of pyridine rings is 1. The Morgan fingerprint density at radius 1 is 1.35 bits per heavy atom. The Hall–Kier alpha value is -3.24. The smallest absolute Gasteiger partial charge is 0.423 e. The van der Waals surface area contributed by atoms with Gasteiger partial charge in [0.15, 0.2) is 5.65 Å². The van der Waals surface area contributed by atoms with Crippen molar-refractivity contribution in [1.82, 2.24) is 19.9 Å². The van der Waals surface area contributed by atoms with E-state index >= 15 is 0 Å². The van der Waals surface area contributed by atoms with Crippen LogP contribution in [0.25, 0.3) is 11.2 Å². The van der Waals surface area contributed by atoms with E-state index in [0.717, 1.165) is 0 Å². The van der Waals surface area contributed by atoms with E-state index < -0.39 is 13.0 Å². The summed E-state index contributed by atoms with van der Waals surface area (Å²) in [7, 11) is -1.80. The molecule has 0 aliphatic rings. The Morgan fingerprint density at radius 2 is 2.15 bits per heavy atom. The molecule has 4 N–H and O–H groups in total. The quantitative estimate of drug-likeness (QED) is 0.319. The van der Waals surface area contributed by atoms with Gasteiger partial charge in [0.2, 0.25) is 0 Å². The lowest BCUT2D eigenvalue weighted by atomic mass is 9.77. The van der Waals surface area contributed by atoms with Crippen molar-refractivity contribution in [3.8, 4) is 0 Å². The average Bonchev–Trinajstić information content (AvgIpc) is 2.96. The van der Waals surface area contributed by atoms with Crippen molar-refractivity contribution in [3.63, 3.8) is 0 Å². The molecule has 0 atom stereocenters. The standard InChI is InChI=1S/C16H15BN4O5/c22-9-11-8-10(3-4-12(11)17(25)26)15(23)19-6-7-21-14-13(20-16(21)24)2-1-5-18-14/h1-5,8-9,25-26H,6-7H2,(H,19,23)(H,20,24). The van der Waals surface area contributed by atoms with Crippen LogP contribution in [0.3, 0.4) is 0 Å². The monoisotopic (exact) mass is 354 g/mol. The Morgan fingerprint density at radius 3 is 2.88 bits per heavy atom. The number of benzene rings is 1. The molecule has 0 saturated carbocycles. The van der Waals surface area contributed by atoms with Crippen LogP contribution in [-0.2, 0) is 6.54 Å². The van der Waals surface area contributed by atoms with E-state index in [1.54, 1.807) is 18.3 Å². The van der Waals surface area contributed by atoms with Crippen molar-refractivity contribution in [2.24, 2.45) is 0 Å². The largest absolute Gasteiger partial charge is 0.489 e. The van der Waals surface area contributed by atoms with Gasteiger partial charge in [0, 0.05) is 30.4 Å². The molecule has 0 saturated heterocycles. The third kappa shape index (κ3) is 3.41. The number of rotatable bonds is 6. The molecule has 0 radical (unpaired) electrons. The molecular formula is C16H15BN4O5. The lowest BCUT2D eigenvalue weighted by molar-refractivity contribution is 0.0952. The second-order valence-corrected chi connectivity index (χ2v) is 5.55. The molecule has 26 heavy (non-hydrogen) atoms. The van der Waals surface area contributed by atoms with E-state index in [9.17, 15) is 24.4 Å². The van der Waals surface area contributed by atoms with Crippen molar-refractivity contribution >= 4 is 35.9 Å². The fraction of sp³-hybridized carbons (Fsp3) is 0.125. The number of hydrogen-bond donors (Lipinski definition) is 4. The van der Waals surface area contributed by atoms with Gasteiger partial charge >= 0.3 is 12.8 Å². The number of nitrogens with zero attached hydrogens (tertiary/aromatic N) is 2. The number of hydrogen-bond acceptors (Lipinski definition) is 6. The van der Waals surface area contributed by atoms with E-state index in [1.165, 1.54) is 22.8 Å². The van der Waals surface area contributed by atoms with Gasteiger partial charge in [-0.05, 0) is 29.7 Å². The molecule has 0 aliphatic heterocycles. The molecule has 0 bridgehead atoms. The predicted molar refractivity (Wildman–Crippen MR) is 94.3 cm³/mol. The second kappa shape index (κ2) is 7.34. The highest BCUT2D eigenvalue weighted by molar-refractivity contribution is 6.60. The van der Waals surface area contributed by atoms with Gasteiger partial charge in [-0.2, -0.15) is 0 Å². The van der Waals surface area contributed by atoms with E-state index in [2.05, 4.69) is 15.3 Å². The van der Waals surface area contributed by atoms with Crippen LogP contribution in [0, 0.1) is 0 Å². The molecule has 1 aromatic carbocycles. The van der Waals surface area contributed by atoms with Crippen LogP contribution in [0.15, 0.2) is 41.3 Å². The van der Waals surface area contributed by atoms with Crippen LogP contribution in [0.5, 0.6) is 0 Å². The van der Waals surface area contributed by atoms with E-state index in [4.69, 9.17) is 0 Å². The number of imidazole rings is 1. The van der Waals surface area contributed by atoms with Gasteiger partial charge in [-0.15, -0.1) is 0 Å². The van der Waals surface area contributed by atoms with Crippen molar-refractivity contribution in [2.45, 2.75) is 6.54 Å². The fourth-order valence-corrected chi connectivity index (χ4v) is 2.63. The third-order valence-electron chi connectivity index (χ3n) is 3.90. The van der Waals surface area contributed by atoms with E-state index in [1.807, 2.05) is 0 Å². The summed E-state index contributed by atoms with van der Waals surface area (Å²) in [5, 5.41) is 21.0. The van der Waals surface area contributed by atoms with Crippen molar-refractivity contribution in [1.29, 1.82) is 0 Å². The molecule has 2 heterocycles. The molecule has 0 spiro atoms. The van der Waals surface area contributed by atoms with Gasteiger partial charge in [0.1, 0.15) is 6.29 Å². The number of carbonyl (C=O) groups is 2. The lowest BCUT2D eigenvalue weighted by Crippen LogP contribution is -2.34. The number of carbonyl (C=O) groups excluding carboxylic acids is 2. The predicted octanol–water partition coefficient (Wildman–Crippen LogP) is -1.35. The number of aromatic amines is 1. The minimum atomic E-state index is -1.80. The van der Waals surface area contributed by atoms with Gasteiger partial charge in [-0.25, -0.2) is 9.78 Å². The number of H-pyrrole nitrogens is 1. The third-order valence-corrected chi connectivity index (χ3v) is 3.90. The number of aromatic nitrogens is 3. The van der Waals surface area contributed by atoms with E-state index in [0.29, 0.717) is 17.5 Å². The molecule has 0 unspecified atom stereocenters. The SMILES string of the molecule is O=Cc1cc(C(=O)NCCn2c(=O)[nH]c3cccnc32)ccc1B(O)O. The summed E-state index contributed by atoms with van der Waals surface area (Å²) in [5.41, 5.74) is 1.02. The highest BCUT2D eigenvalue weighted by Crippen LogP contribution is 2.05. The summed E-state index contributed by atoms with van der Waals surface area (Å²) in [5.74, 6) is -0.451. The van der Waals surface area contributed by atoms with Crippen LogP contribution >= 0.6 is 0 Å². The van der Waals surface area contributed by atoms with Crippen molar-refractivity contribution in [2.75, 3.05) is 6.54 Å². The molecule has 3 rings (SSSR count). The molecule has 0 fully saturated rings. The van der Waals surface area contributed by atoms with Crippen molar-refractivity contribution in [3.05, 3.63) is 58.1 Å². The first kappa shape index (κ1) is 17.6.